The Hall–Kier alpha value is -3.22. The molecule has 0 atom stereocenters. The molecule has 1 aliphatic rings. The molecule has 0 aliphatic carbocycles. The summed E-state index contributed by atoms with van der Waals surface area (Å²) in [6.07, 6.45) is 2.35. The van der Waals surface area contributed by atoms with Crippen LogP contribution in [0.3, 0.4) is 0 Å². The number of fused-ring (bicyclic) bond motifs is 6. The molecule has 0 spiro atoms. The summed E-state index contributed by atoms with van der Waals surface area (Å²) in [6.45, 7) is 0.560. The first kappa shape index (κ1) is 19.7. The fourth-order valence-corrected chi connectivity index (χ4v) is 3.75. The van der Waals surface area contributed by atoms with Gasteiger partial charge in [0.05, 0.1) is 12.8 Å². The minimum atomic E-state index is 0.435. The van der Waals surface area contributed by atoms with Crippen LogP contribution >= 0.6 is 24.2 Å². The van der Waals surface area contributed by atoms with Crippen molar-refractivity contribution >= 4 is 47.4 Å². The molecule has 4 aromatic rings. The molecule has 5 rings (SSSR count). The fourth-order valence-electron chi connectivity index (χ4n) is 3.46. The lowest BCUT2D eigenvalue weighted by atomic mass is 10.0. The number of hydrogen-bond acceptors (Lipinski definition) is 6. The SMILES string of the molecule is Sc1ccc(-c2cc3cc(c2)Nc2ncc(Cl)c(n2)Nc2cccc(c2)OCC3)cc1. The van der Waals surface area contributed by atoms with Crippen molar-refractivity contribution in [2.45, 2.75) is 11.3 Å². The molecule has 0 unspecified atom stereocenters. The third kappa shape index (κ3) is 4.60. The van der Waals surface area contributed by atoms with E-state index < -0.39 is 0 Å². The van der Waals surface area contributed by atoms with E-state index >= 15 is 0 Å². The lowest BCUT2D eigenvalue weighted by Crippen LogP contribution is -2.05. The third-order valence-electron chi connectivity index (χ3n) is 4.95. The van der Waals surface area contributed by atoms with E-state index in [0.29, 0.717) is 23.4 Å². The number of nitrogens with one attached hydrogen (secondary N) is 2. The zero-order chi connectivity index (χ0) is 21.2. The van der Waals surface area contributed by atoms with Gasteiger partial charge in [0.25, 0.3) is 0 Å². The largest absolute Gasteiger partial charge is 0.493 e. The molecule has 1 aromatic heterocycles. The summed E-state index contributed by atoms with van der Waals surface area (Å²) >= 11 is 10.7. The molecule has 0 amide bonds. The Morgan fingerprint density at radius 2 is 1.77 bits per heavy atom. The van der Waals surface area contributed by atoms with E-state index in [4.69, 9.17) is 16.3 Å². The van der Waals surface area contributed by atoms with Gasteiger partial charge >= 0.3 is 0 Å². The highest BCUT2D eigenvalue weighted by molar-refractivity contribution is 7.80. The van der Waals surface area contributed by atoms with Crippen LogP contribution in [0.5, 0.6) is 5.75 Å². The zero-order valence-electron chi connectivity index (χ0n) is 16.5. The Morgan fingerprint density at radius 1 is 0.903 bits per heavy atom. The molecule has 0 saturated carbocycles. The number of nitrogens with zero attached hydrogens (tertiary/aromatic N) is 2. The quantitative estimate of drug-likeness (QED) is 0.291. The maximum atomic E-state index is 6.32. The van der Waals surface area contributed by atoms with E-state index in [9.17, 15) is 0 Å². The summed E-state index contributed by atoms with van der Waals surface area (Å²) in [5, 5.41) is 7.00. The molecule has 7 heteroatoms. The normalized spacial score (nSPS) is 12.7. The summed E-state index contributed by atoms with van der Waals surface area (Å²) in [5.41, 5.74) is 5.09. The second kappa shape index (κ2) is 8.49. The number of ether oxygens (including phenoxy) is 1. The minimum Gasteiger partial charge on any atom is -0.493 e. The van der Waals surface area contributed by atoms with Crippen molar-refractivity contribution in [2.75, 3.05) is 17.2 Å². The Morgan fingerprint density at radius 3 is 2.65 bits per heavy atom. The van der Waals surface area contributed by atoms with Crippen LogP contribution in [-0.2, 0) is 6.42 Å². The van der Waals surface area contributed by atoms with Crippen LogP contribution in [0.1, 0.15) is 5.56 Å². The molecule has 31 heavy (non-hydrogen) atoms. The molecule has 0 saturated heterocycles. The highest BCUT2D eigenvalue weighted by Crippen LogP contribution is 2.30. The maximum absolute atomic E-state index is 6.32. The van der Waals surface area contributed by atoms with Crippen LogP contribution in [0.2, 0.25) is 5.02 Å². The van der Waals surface area contributed by atoms with Crippen LogP contribution < -0.4 is 15.4 Å². The van der Waals surface area contributed by atoms with Gasteiger partial charge < -0.3 is 15.4 Å². The summed E-state index contributed by atoms with van der Waals surface area (Å²) in [5.74, 6) is 1.77. The Bertz CT molecular complexity index is 1250. The van der Waals surface area contributed by atoms with Crippen molar-refractivity contribution in [3.05, 3.63) is 83.5 Å². The molecule has 154 valence electrons. The average molecular weight is 447 g/mol. The van der Waals surface area contributed by atoms with Crippen molar-refractivity contribution in [3.63, 3.8) is 0 Å². The van der Waals surface area contributed by atoms with E-state index in [-0.39, 0.29) is 0 Å². The first-order chi connectivity index (χ1) is 15.1. The van der Waals surface area contributed by atoms with Gasteiger partial charge in [-0.3, -0.25) is 0 Å². The maximum Gasteiger partial charge on any atom is 0.229 e. The van der Waals surface area contributed by atoms with E-state index in [1.807, 2.05) is 36.4 Å². The summed E-state index contributed by atoms with van der Waals surface area (Å²) < 4.78 is 6.00. The monoisotopic (exact) mass is 446 g/mol. The summed E-state index contributed by atoms with van der Waals surface area (Å²) in [4.78, 5) is 9.84. The molecule has 1 aliphatic heterocycles. The molecule has 6 bridgehead atoms. The highest BCUT2D eigenvalue weighted by atomic mass is 35.5. The van der Waals surface area contributed by atoms with Gasteiger partial charge in [-0.15, -0.1) is 12.6 Å². The zero-order valence-corrected chi connectivity index (χ0v) is 18.1. The smallest absolute Gasteiger partial charge is 0.229 e. The van der Waals surface area contributed by atoms with Gasteiger partial charge in [0.1, 0.15) is 10.8 Å². The lowest BCUT2D eigenvalue weighted by molar-refractivity contribution is 0.322. The second-order valence-corrected chi connectivity index (χ2v) is 8.16. The summed E-state index contributed by atoms with van der Waals surface area (Å²) in [6, 6.07) is 22.2. The van der Waals surface area contributed by atoms with Gasteiger partial charge in [-0.2, -0.15) is 4.98 Å². The number of benzene rings is 3. The van der Waals surface area contributed by atoms with Crippen LogP contribution in [0.15, 0.2) is 77.8 Å². The van der Waals surface area contributed by atoms with Crippen LogP contribution in [0.25, 0.3) is 11.1 Å². The molecular weight excluding hydrogens is 428 g/mol. The Kier molecular flexibility index (Phi) is 5.40. The molecule has 5 nitrogen and oxygen atoms in total. The average Bonchev–Trinajstić information content (AvgIpc) is 2.76. The van der Waals surface area contributed by atoms with Gasteiger partial charge in [0, 0.05) is 28.8 Å². The highest BCUT2D eigenvalue weighted by Gasteiger charge is 2.11. The molecule has 2 N–H and O–H groups in total. The topological polar surface area (TPSA) is 59.1 Å². The van der Waals surface area contributed by atoms with Gasteiger partial charge in [-0.05, 0) is 53.1 Å². The van der Waals surface area contributed by atoms with Crippen molar-refractivity contribution in [2.24, 2.45) is 0 Å². The predicted molar refractivity (Wildman–Crippen MR) is 128 cm³/mol. The number of thiol groups is 1. The van der Waals surface area contributed by atoms with E-state index in [2.05, 4.69) is 63.6 Å². The Balaban J connectivity index is 1.58. The number of anilines is 4. The van der Waals surface area contributed by atoms with Crippen LogP contribution in [0.4, 0.5) is 23.1 Å². The first-order valence-electron chi connectivity index (χ1n) is 9.85. The molecule has 3 aromatic carbocycles. The van der Waals surface area contributed by atoms with Gasteiger partial charge in [0.2, 0.25) is 5.95 Å². The predicted octanol–water partition coefficient (Wildman–Crippen LogP) is 6.51. The fraction of sp³-hybridized carbons (Fsp3) is 0.0833. The van der Waals surface area contributed by atoms with Gasteiger partial charge in [-0.25, -0.2) is 4.98 Å². The standard InChI is InChI=1S/C24H19ClN4OS/c25-22-14-26-24-28-19-11-15(10-17(12-19)16-4-6-21(31)7-5-16)8-9-30-20-3-1-2-18(13-20)27-23(22)29-24/h1-7,10-14,31H,8-9H2,(H2,26,27,28,29). The first-order valence-corrected chi connectivity index (χ1v) is 10.7. The van der Waals surface area contributed by atoms with Crippen molar-refractivity contribution < 1.29 is 4.74 Å². The number of rotatable bonds is 1. The molecule has 2 heterocycles. The van der Waals surface area contributed by atoms with Crippen molar-refractivity contribution in [3.8, 4) is 16.9 Å². The number of hydrogen-bond donors (Lipinski definition) is 3. The number of halogens is 1. The lowest BCUT2D eigenvalue weighted by Gasteiger charge is -2.15. The van der Waals surface area contributed by atoms with Gasteiger partial charge in [-0.1, -0.05) is 35.9 Å². The van der Waals surface area contributed by atoms with E-state index in [0.717, 1.165) is 45.1 Å². The minimum absolute atomic E-state index is 0.435. The Labute approximate surface area is 190 Å². The van der Waals surface area contributed by atoms with Crippen molar-refractivity contribution in [1.82, 2.24) is 9.97 Å². The van der Waals surface area contributed by atoms with Gasteiger partial charge in [0.15, 0.2) is 5.82 Å². The molecular formula is C24H19ClN4OS. The molecule has 0 radical (unpaired) electrons. The third-order valence-corrected chi connectivity index (χ3v) is 5.52. The van der Waals surface area contributed by atoms with E-state index in [1.54, 1.807) is 6.20 Å². The van der Waals surface area contributed by atoms with E-state index in [1.165, 1.54) is 0 Å². The van der Waals surface area contributed by atoms with Crippen LogP contribution in [0, 0.1) is 0 Å². The number of aromatic nitrogens is 2. The summed E-state index contributed by atoms with van der Waals surface area (Å²) in [7, 11) is 0. The van der Waals surface area contributed by atoms with Crippen molar-refractivity contribution in [1.29, 1.82) is 0 Å². The second-order valence-electron chi connectivity index (χ2n) is 7.23. The van der Waals surface area contributed by atoms with Crippen LogP contribution in [-0.4, -0.2) is 16.6 Å². The molecule has 0 fully saturated rings.